The van der Waals surface area contributed by atoms with Crippen molar-refractivity contribution in [3.63, 3.8) is 0 Å². The van der Waals surface area contributed by atoms with Crippen molar-refractivity contribution in [2.75, 3.05) is 5.73 Å². The highest BCUT2D eigenvalue weighted by atomic mass is 32.2. The number of nitrogens with zero attached hydrogens (tertiary/aromatic N) is 2. The third-order valence-corrected chi connectivity index (χ3v) is 3.57. The molecule has 0 aromatic carbocycles. The molecule has 0 aliphatic carbocycles. The van der Waals surface area contributed by atoms with Gasteiger partial charge in [-0.15, -0.1) is 11.8 Å². The Bertz CT molecular complexity index is 369. The lowest BCUT2D eigenvalue weighted by Gasteiger charge is -2.17. The fourth-order valence-corrected chi connectivity index (χ4v) is 2.02. The first-order valence-electron chi connectivity index (χ1n) is 5.59. The summed E-state index contributed by atoms with van der Waals surface area (Å²) < 4.78 is 0.232. The van der Waals surface area contributed by atoms with E-state index < -0.39 is 0 Å². The van der Waals surface area contributed by atoms with Crippen LogP contribution in [0.2, 0.25) is 0 Å². The predicted molar refractivity (Wildman–Crippen MR) is 71.6 cm³/mol. The van der Waals surface area contributed by atoms with E-state index in [2.05, 4.69) is 37.7 Å². The molecule has 4 heteroatoms. The summed E-state index contributed by atoms with van der Waals surface area (Å²) in [6.07, 6.45) is 0.908. The van der Waals surface area contributed by atoms with Crippen LogP contribution in [0.4, 0.5) is 5.82 Å². The molecule has 0 bridgehead atoms. The van der Waals surface area contributed by atoms with E-state index in [4.69, 9.17) is 5.73 Å². The molecule has 0 fully saturated rings. The highest BCUT2D eigenvalue weighted by Gasteiger charge is 2.13. The lowest BCUT2D eigenvalue weighted by molar-refractivity contribution is 0.799. The van der Waals surface area contributed by atoms with E-state index in [0.29, 0.717) is 5.82 Å². The number of rotatable bonds is 3. The Morgan fingerprint density at radius 3 is 2.38 bits per heavy atom. The molecule has 0 aliphatic rings. The zero-order valence-electron chi connectivity index (χ0n) is 10.8. The van der Waals surface area contributed by atoms with E-state index in [-0.39, 0.29) is 4.75 Å². The molecule has 0 spiro atoms. The number of thioether (sulfide) groups is 1. The summed E-state index contributed by atoms with van der Waals surface area (Å²) in [5, 5.41) is 0. The highest BCUT2D eigenvalue weighted by molar-refractivity contribution is 7.99. The van der Waals surface area contributed by atoms with Crippen LogP contribution >= 0.6 is 11.8 Å². The van der Waals surface area contributed by atoms with Crippen LogP contribution in [0, 0.1) is 6.92 Å². The van der Waals surface area contributed by atoms with Crippen LogP contribution in [-0.4, -0.2) is 14.7 Å². The summed E-state index contributed by atoms with van der Waals surface area (Å²) in [7, 11) is 0. The van der Waals surface area contributed by atoms with Gasteiger partial charge in [0.25, 0.3) is 0 Å². The van der Waals surface area contributed by atoms with E-state index >= 15 is 0 Å². The topological polar surface area (TPSA) is 51.8 Å². The Labute approximate surface area is 102 Å². The van der Waals surface area contributed by atoms with Crippen molar-refractivity contribution in [1.82, 2.24) is 9.97 Å². The van der Waals surface area contributed by atoms with Crippen molar-refractivity contribution in [3.8, 4) is 0 Å². The van der Waals surface area contributed by atoms with Gasteiger partial charge in [-0.1, -0.05) is 27.7 Å². The summed E-state index contributed by atoms with van der Waals surface area (Å²) in [6.45, 7) is 10.6. The number of hydrogen-bond donors (Lipinski definition) is 1. The Morgan fingerprint density at radius 2 is 1.88 bits per heavy atom. The number of nitrogens with two attached hydrogens (primary N) is 1. The minimum Gasteiger partial charge on any atom is -0.383 e. The third-order valence-electron chi connectivity index (χ3n) is 2.30. The van der Waals surface area contributed by atoms with Crippen molar-refractivity contribution in [3.05, 3.63) is 17.1 Å². The van der Waals surface area contributed by atoms with Gasteiger partial charge in [-0.05, 0) is 13.3 Å². The minimum absolute atomic E-state index is 0.232. The van der Waals surface area contributed by atoms with Gasteiger partial charge in [0.1, 0.15) is 11.6 Å². The molecule has 1 heterocycles. The average molecular weight is 239 g/mol. The van der Waals surface area contributed by atoms with Crippen molar-refractivity contribution in [2.45, 2.75) is 51.5 Å². The Hall–Kier alpha value is -0.770. The van der Waals surface area contributed by atoms with Gasteiger partial charge >= 0.3 is 0 Å². The molecule has 0 radical (unpaired) electrons. The molecule has 16 heavy (non-hydrogen) atoms. The van der Waals surface area contributed by atoms with Crippen molar-refractivity contribution in [2.24, 2.45) is 0 Å². The van der Waals surface area contributed by atoms with Gasteiger partial charge in [0.2, 0.25) is 0 Å². The van der Waals surface area contributed by atoms with E-state index in [1.807, 2.05) is 18.7 Å². The fourth-order valence-electron chi connectivity index (χ4n) is 1.33. The van der Waals surface area contributed by atoms with E-state index in [0.717, 1.165) is 29.3 Å². The molecule has 0 amide bonds. The lowest BCUT2D eigenvalue weighted by atomic mass is 10.2. The smallest absolute Gasteiger partial charge is 0.140 e. The molecule has 0 aliphatic heterocycles. The van der Waals surface area contributed by atoms with Gasteiger partial charge in [0, 0.05) is 16.0 Å². The molecule has 2 N–H and O–H groups in total. The second-order valence-electron chi connectivity index (χ2n) is 4.85. The van der Waals surface area contributed by atoms with Crippen LogP contribution in [0.15, 0.2) is 0 Å². The van der Waals surface area contributed by atoms with Crippen molar-refractivity contribution < 1.29 is 0 Å². The fraction of sp³-hybridized carbons (Fsp3) is 0.667. The summed E-state index contributed by atoms with van der Waals surface area (Å²) in [6, 6.07) is 0. The van der Waals surface area contributed by atoms with Crippen LogP contribution < -0.4 is 5.73 Å². The Balaban J connectivity index is 2.86. The van der Waals surface area contributed by atoms with E-state index in [9.17, 15) is 0 Å². The lowest BCUT2D eigenvalue weighted by Crippen LogP contribution is -2.11. The summed E-state index contributed by atoms with van der Waals surface area (Å²) in [5.74, 6) is 2.29. The van der Waals surface area contributed by atoms with Crippen LogP contribution in [0.3, 0.4) is 0 Å². The van der Waals surface area contributed by atoms with Crippen LogP contribution in [0.25, 0.3) is 0 Å². The maximum atomic E-state index is 5.88. The van der Waals surface area contributed by atoms with Crippen LogP contribution in [-0.2, 0) is 12.2 Å². The number of hydrogen-bond acceptors (Lipinski definition) is 4. The highest BCUT2D eigenvalue weighted by Crippen LogP contribution is 2.26. The molecular weight excluding hydrogens is 218 g/mol. The first-order valence-corrected chi connectivity index (χ1v) is 6.58. The second-order valence-corrected chi connectivity index (χ2v) is 6.65. The largest absolute Gasteiger partial charge is 0.383 e. The quantitative estimate of drug-likeness (QED) is 0.881. The Kier molecular flexibility index (Phi) is 4.19. The molecule has 1 aromatic rings. The molecule has 1 aromatic heterocycles. The predicted octanol–water partition coefficient (Wildman–Crippen LogP) is 2.96. The van der Waals surface area contributed by atoms with E-state index in [1.54, 1.807) is 0 Å². The van der Waals surface area contributed by atoms with Crippen LogP contribution in [0.1, 0.15) is 44.8 Å². The molecule has 1 rings (SSSR count). The monoisotopic (exact) mass is 239 g/mol. The van der Waals surface area contributed by atoms with Gasteiger partial charge in [-0.25, -0.2) is 9.97 Å². The molecule has 3 nitrogen and oxygen atoms in total. The molecule has 0 saturated heterocycles. The maximum absolute atomic E-state index is 5.88. The van der Waals surface area contributed by atoms with Gasteiger partial charge in [-0.3, -0.25) is 0 Å². The number of aromatic nitrogens is 2. The van der Waals surface area contributed by atoms with Crippen molar-refractivity contribution in [1.29, 1.82) is 0 Å². The average Bonchev–Trinajstić information content (AvgIpc) is 2.18. The molecule has 0 atom stereocenters. The number of anilines is 1. The summed E-state index contributed by atoms with van der Waals surface area (Å²) >= 11 is 1.84. The summed E-state index contributed by atoms with van der Waals surface area (Å²) in [4.78, 5) is 8.87. The van der Waals surface area contributed by atoms with Crippen molar-refractivity contribution >= 4 is 17.6 Å². The van der Waals surface area contributed by atoms with Gasteiger partial charge < -0.3 is 5.73 Å². The first kappa shape index (κ1) is 13.3. The van der Waals surface area contributed by atoms with E-state index in [1.165, 1.54) is 0 Å². The van der Waals surface area contributed by atoms with Gasteiger partial charge in [0.05, 0.1) is 5.75 Å². The minimum atomic E-state index is 0.232. The zero-order valence-corrected chi connectivity index (χ0v) is 11.6. The molecule has 0 unspecified atom stereocenters. The van der Waals surface area contributed by atoms with Crippen LogP contribution in [0.5, 0.6) is 0 Å². The molecule has 90 valence electrons. The maximum Gasteiger partial charge on any atom is 0.140 e. The summed E-state index contributed by atoms with van der Waals surface area (Å²) in [5.41, 5.74) is 7.96. The van der Waals surface area contributed by atoms with Gasteiger partial charge in [-0.2, -0.15) is 0 Å². The molecular formula is C12H21N3S. The SMILES string of the molecule is CCc1nc(CSC(C)(C)C)nc(N)c1C. The normalized spacial score (nSPS) is 11.8. The second kappa shape index (κ2) is 5.04. The molecule has 0 saturated carbocycles. The first-order chi connectivity index (χ1) is 7.33. The standard InChI is InChI=1S/C12H21N3S/c1-6-9-8(2)11(13)15-10(14-9)7-16-12(3,4)5/h6-7H2,1-5H3,(H2,13,14,15). The van der Waals surface area contributed by atoms with Gasteiger partial charge in [0.15, 0.2) is 0 Å². The number of aryl methyl sites for hydroxylation is 1. The zero-order chi connectivity index (χ0) is 12.3. The third kappa shape index (κ3) is 3.67. The Morgan fingerprint density at radius 1 is 1.25 bits per heavy atom. The number of nitrogen functional groups attached to an aromatic ring is 1.